The van der Waals surface area contributed by atoms with E-state index in [1.54, 1.807) is 30.4 Å². The number of carbonyl (C=O) groups is 8. The Kier molecular flexibility index (Phi) is 25.4. The summed E-state index contributed by atoms with van der Waals surface area (Å²) in [6.07, 6.45) is 7.83. The number of alkyl halides is 1. The van der Waals surface area contributed by atoms with E-state index in [1.807, 2.05) is 60.7 Å². The molecule has 6 aliphatic heterocycles. The number of halogens is 2. The third-order valence-electron chi connectivity index (χ3n) is 18.3. The van der Waals surface area contributed by atoms with Crippen LogP contribution in [-0.4, -0.2) is 184 Å². The number of amides is 2. The van der Waals surface area contributed by atoms with Gasteiger partial charge in [-0.25, -0.2) is 29.1 Å². The lowest BCUT2D eigenvalue weighted by molar-refractivity contribution is -0.937. The number of hydrogen-bond donors (Lipinski definition) is 11. The van der Waals surface area contributed by atoms with E-state index in [0.29, 0.717) is 35.0 Å². The predicted octanol–water partition coefficient (Wildman–Crippen LogP) is 4.23. The van der Waals surface area contributed by atoms with E-state index in [1.165, 1.54) is 82.7 Å². The second-order valence-corrected chi connectivity index (χ2v) is 31.2. The Bertz CT molecular complexity index is 4650. The zero-order chi connectivity index (χ0) is 76.1. The number of ketones is 2. The molecule has 0 spiro atoms. The summed E-state index contributed by atoms with van der Waals surface area (Å²) in [5.74, 6) is -8.10. The summed E-state index contributed by atoms with van der Waals surface area (Å²) in [5, 5.41) is 87.5. The van der Waals surface area contributed by atoms with Gasteiger partial charge in [0.15, 0.2) is 56.3 Å². The van der Waals surface area contributed by atoms with Crippen molar-refractivity contribution in [3.8, 4) is 23.0 Å². The highest BCUT2D eigenvalue weighted by Gasteiger charge is 2.56. The number of anilines is 2. The molecule has 106 heavy (non-hydrogen) atoms. The average molecular weight is 1610 g/mol. The molecule has 0 bridgehead atoms. The Labute approximate surface area is 640 Å². The average Bonchev–Trinajstić information content (AvgIpc) is 0.763. The minimum atomic E-state index is -1.75. The van der Waals surface area contributed by atoms with Gasteiger partial charge < -0.3 is 88.4 Å². The Balaban J connectivity index is 0.000000212. The van der Waals surface area contributed by atoms with Crippen molar-refractivity contribution in [1.82, 2.24) is 19.8 Å². The summed E-state index contributed by atoms with van der Waals surface area (Å²) < 4.78 is 0.737. The number of carbonyl (C=O) groups excluding carboxylic acids is 4. The molecule has 6 aliphatic rings. The van der Waals surface area contributed by atoms with Gasteiger partial charge in [0.05, 0.1) is 49.8 Å². The van der Waals surface area contributed by atoms with Crippen LogP contribution in [0.3, 0.4) is 0 Å². The SMILES string of the molecule is CC(C)(O/N=C(\C(=O)C[C@@H]1C(=O)N2C(C(=O)O)=C(C=Cc3ccc(CCl)cc3)CS[C@H]12)c1csc(N)n1)C(=O)O.CC(C)(O/N=C(\C(=O)C[C@@H]1C(=O)N2C(C(=O)O)=C(C=Cc3ccc(C[N+]4(C)CCc5c(ccc(O)c5O)C4)cc3)CS[C@H]12)c1csc(N)n1)C(=O)O.C[NH+]1CCc2c(ccc(O)c2O)C1.[Br-]. The quantitative estimate of drug-likeness (QED) is 0.0107. The molecule has 2 aromatic heterocycles. The van der Waals surface area contributed by atoms with Crippen molar-refractivity contribution in [1.29, 1.82) is 0 Å². The fourth-order valence-electron chi connectivity index (χ4n) is 12.3. The number of hydrogen-bond acceptors (Lipinski definition) is 24. The fourth-order valence-corrected chi connectivity index (χ4v) is 16.4. The van der Waals surface area contributed by atoms with Gasteiger partial charge in [0.1, 0.15) is 42.4 Å². The summed E-state index contributed by atoms with van der Waals surface area (Å²) in [5.41, 5.74) is 15.9. The molecule has 560 valence electrons. The van der Waals surface area contributed by atoms with E-state index >= 15 is 0 Å². The zero-order valence-corrected chi connectivity index (χ0v) is 63.6. The van der Waals surface area contributed by atoms with Crippen LogP contribution >= 0.6 is 57.8 Å². The van der Waals surface area contributed by atoms with Crippen molar-refractivity contribution in [3.63, 3.8) is 0 Å². The minimum absolute atomic E-state index is 0. The van der Waals surface area contributed by atoms with Gasteiger partial charge >= 0.3 is 23.9 Å². The van der Waals surface area contributed by atoms with Gasteiger partial charge in [0.25, 0.3) is 0 Å². The Morgan fingerprint density at radius 1 is 0.642 bits per heavy atom. The number of nitrogens with two attached hydrogens (primary N) is 2. The number of phenols is 4. The van der Waals surface area contributed by atoms with Crippen molar-refractivity contribution < 1.29 is 115 Å². The van der Waals surface area contributed by atoms with Crippen LogP contribution in [0.4, 0.5) is 10.3 Å². The van der Waals surface area contributed by atoms with Crippen LogP contribution in [-0.2, 0) is 86.4 Å². The number of benzene rings is 4. The molecule has 0 radical (unpaired) electrons. The monoisotopic (exact) mass is 1610 g/mol. The number of phenolic OH excluding ortho intramolecular Hbond substituents is 4. The number of carboxylic acids is 4. The summed E-state index contributed by atoms with van der Waals surface area (Å²) in [7, 11) is 4.29. The van der Waals surface area contributed by atoms with E-state index in [2.05, 4.69) is 34.4 Å². The lowest BCUT2D eigenvalue weighted by Crippen LogP contribution is -3.08. The van der Waals surface area contributed by atoms with Gasteiger partial charge in [-0.1, -0.05) is 83.1 Å². The van der Waals surface area contributed by atoms with E-state index in [9.17, 15) is 79.2 Å². The van der Waals surface area contributed by atoms with E-state index in [0.717, 1.165) is 111 Å². The number of allylic oxidation sites excluding steroid dienone is 2. The van der Waals surface area contributed by atoms with Crippen LogP contribution < -0.4 is 33.3 Å². The first-order valence-corrected chi connectivity index (χ1v) is 37.2. The number of likely N-dealkylation sites (N-methyl/N-ethyl adjacent to an activating group) is 2. The molecule has 28 nitrogen and oxygen atoms in total. The molecule has 2 fully saturated rings. The third kappa shape index (κ3) is 18.1. The molecule has 2 amide bonds. The number of nitrogens with zero attached hydrogens (tertiary/aromatic N) is 7. The number of aromatic nitrogens is 2. The highest BCUT2D eigenvalue weighted by molar-refractivity contribution is 8.00. The molecule has 2 saturated heterocycles. The molecule has 6 atom stereocenters. The number of nitrogens with one attached hydrogen (secondary N) is 1. The van der Waals surface area contributed by atoms with Gasteiger partial charge in [0.2, 0.25) is 23.0 Å². The normalized spacial score (nSPS) is 20.6. The highest BCUT2D eigenvalue weighted by atomic mass is 79.9. The number of β-lactam (4-membered cyclic amide) rings is 2. The molecule has 6 aromatic rings. The van der Waals surface area contributed by atoms with Crippen molar-refractivity contribution in [3.05, 3.63) is 174 Å². The number of thiazole rings is 2. The number of nitrogen functional groups attached to an aromatic ring is 2. The van der Waals surface area contributed by atoms with Crippen molar-refractivity contribution in [2.45, 2.75) is 101 Å². The number of aliphatic carboxylic acids is 4. The molecular formula is C72H77BrClN10O18S4+. The summed E-state index contributed by atoms with van der Waals surface area (Å²) >= 11 is 10.6. The largest absolute Gasteiger partial charge is 1.00 e. The van der Waals surface area contributed by atoms with Crippen LogP contribution in [0, 0.1) is 11.8 Å². The van der Waals surface area contributed by atoms with Crippen molar-refractivity contribution >= 4 is 139 Å². The van der Waals surface area contributed by atoms with E-state index in [-0.39, 0.29) is 97.3 Å². The van der Waals surface area contributed by atoms with Crippen LogP contribution in [0.1, 0.15) is 96.4 Å². The number of carboxylic acid groups (broad SMARTS) is 4. The molecule has 0 saturated carbocycles. The molecule has 12 rings (SSSR count). The Morgan fingerprint density at radius 2 is 1.07 bits per heavy atom. The van der Waals surface area contributed by atoms with Crippen molar-refractivity contribution in [2.75, 3.05) is 50.2 Å². The number of Topliss-reactive ketones (excluding diaryl/α,β-unsaturated/α-hetero) is 2. The maximum Gasteiger partial charge on any atom is 0.352 e. The molecule has 2 unspecified atom stereocenters. The van der Waals surface area contributed by atoms with E-state index in [4.69, 9.17) is 32.7 Å². The minimum Gasteiger partial charge on any atom is -1.00 e. The predicted molar refractivity (Wildman–Crippen MR) is 395 cm³/mol. The molecule has 0 aliphatic carbocycles. The molecule has 34 heteroatoms. The third-order valence-corrected chi connectivity index (χ3v) is 22.7. The number of thioether (sulfide) groups is 2. The molecule has 4 aromatic carbocycles. The zero-order valence-electron chi connectivity index (χ0n) is 58.0. The van der Waals surface area contributed by atoms with Gasteiger partial charge in [-0.05, 0) is 79.8 Å². The maximum absolute atomic E-state index is 13.5. The highest BCUT2D eigenvalue weighted by Crippen LogP contribution is 2.48. The number of quaternary nitrogens is 2. The first-order valence-electron chi connectivity index (χ1n) is 32.8. The smallest absolute Gasteiger partial charge is 0.352 e. The fraction of sp³-hybridized carbons (Fsp3) is 0.333. The maximum atomic E-state index is 13.5. The lowest BCUT2D eigenvalue weighted by Gasteiger charge is -2.49. The van der Waals surface area contributed by atoms with Crippen LogP contribution in [0.25, 0.3) is 12.2 Å². The lowest BCUT2D eigenvalue weighted by atomic mass is 9.89. The van der Waals surface area contributed by atoms with Gasteiger partial charge in [0, 0.05) is 81.6 Å². The van der Waals surface area contributed by atoms with Crippen LogP contribution in [0.15, 0.2) is 129 Å². The number of aromatic hydroxyl groups is 4. The van der Waals surface area contributed by atoms with Crippen molar-refractivity contribution in [2.24, 2.45) is 22.1 Å². The summed E-state index contributed by atoms with van der Waals surface area (Å²) in [4.78, 5) is 123. The van der Waals surface area contributed by atoms with E-state index < -0.39 is 81.0 Å². The second-order valence-electron chi connectivity index (χ2n) is 26.9. The first-order chi connectivity index (χ1) is 49.7. The molecular weight excluding hydrogens is 1540 g/mol. The second kappa shape index (κ2) is 33.5. The number of fused-ring (bicyclic) bond motifs is 4. The Hall–Kier alpha value is -9.61. The summed E-state index contributed by atoms with van der Waals surface area (Å²) in [6, 6.07) is 22.3. The van der Waals surface area contributed by atoms with Crippen LogP contribution in [0.5, 0.6) is 23.0 Å². The number of rotatable bonds is 23. The topological polar surface area (TPSA) is 430 Å². The standard InChI is InChI=1S/C36H37N5O9S2.C26H25ClN4O7S2.C10H13NO2.BrH/c1-36(2,34(48)49)50-39-28(25-18-52-35(37)38-25)27(43)14-24-31(45)40-29(33(46)47)22(17-51-32(24)40)9-8-19-4-6-20(7-5-19)15-41(3)13-12-23-21(16-41)10-11-26(42)30(23)44;1-26(2,24(36)37)38-30-19(17-12-40-25(28)29-17)18(32)9-16-21(33)31-20(23(34)35)15(11-39-22(16)31)8-7-13-3-5-14(10-27)6-4-13;1-11-5-4-8-7(6-11)2-3-9(12)10(8)13;/h4-11,18,24,32H,12-17H2,1-3H3,(H5-,37,38,39,42,43,44,46,47,48,49);3-8,12,16,22H,9-11H2,1-2H3,(H2,28,29)(H,34,35)(H,36,37);2-3,12-13H,4-6H2,1H3;1H/p+1/b;8-7?,30-19-;;/t24-,32-,41?;16-,22-;;/m11../s1. The van der Waals surface area contributed by atoms with Gasteiger partial charge in [-0.3, -0.25) is 29.0 Å². The first kappa shape index (κ1) is 80.5. The van der Waals surface area contributed by atoms with Gasteiger partial charge in [-0.15, -0.1) is 57.8 Å². The number of oxime groups is 2. The van der Waals surface area contributed by atoms with Gasteiger partial charge in [-0.2, -0.15) is 0 Å². The molecule has 8 heterocycles. The Morgan fingerprint density at radius 3 is 1.47 bits per heavy atom. The summed E-state index contributed by atoms with van der Waals surface area (Å²) in [6.45, 7) is 9.30. The molecule has 13 N–H and O–H groups in total. The van der Waals surface area contributed by atoms with Crippen LogP contribution in [0.2, 0.25) is 0 Å².